The summed E-state index contributed by atoms with van der Waals surface area (Å²) in [7, 11) is -3.29. The molecule has 5 rings (SSSR count). The van der Waals surface area contributed by atoms with Crippen molar-refractivity contribution >= 4 is 61.6 Å². The predicted octanol–water partition coefficient (Wildman–Crippen LogP) is 4.50. The fraction of sp³-hybridized carbons (Fsp3) is 0.485. The van der Waals surface area contributed by atoms with Gasteiger partial charge in [-0.1, -0.05) is 67.3 Å². The standard InChI is InChI=1S/C33H42ClN5O6S2/c1-47(43,44)36-17-7-6-14-27(37-24-10-3-4-11-24)32(41)39-19-18-38(22-28(39)31(40)35-21-25-12-8-20-46-25)33(42)45-29-16-15-23-9-2-5-13-26(23)30(29)34/h2,5,8-9,12-13,15-16,20,24,27-28,36-37H,3-4,6-7,10-11,14,17-19,21-22H2,1H3,(H,35,40)/t27-,28+/m1/s1. The molecule has 254 valence electrons. The maximum atomic E-state index is 14.2. The first-order valence-electron chi connectivity index (χ1n) is 16.0. The third kappa shape index (κ3) is 9.66. The summed E-state index contributed by atoms with van der Waals surface area (Å²) in [5.74, 6) is -0.335. The first-order valence-corrected chi connectivity index (χ1v) is 19.2. The normalized spacial score (nSPS) is 18.0. The van der Waals surface area contributed by atoms with Crippen LogP contribution in [0, 0.1) is 0 Å². The molecule has 1 aromatic heterocycles. The lowest BCUT2D eigenvalue weighted by Gasteiger charge is -2.41. The Labute approximate surface area is 285 Å². The number of benzene rings is 2. The van der Waals surface area contributed by atoms with E-state index < -0.39 is 28.2 Å². The zero-order valence-corrected chi connectivity index (χ0v) is 28.8. The van der Waals surface area contributed by atoms with E-state index in [1.165, 1.54) is 16.2 Å². The molecular weight excluding hydrogens is 662 g/mol. The highest BCUT2D eigenvalue weighted by Gasteiger charge is 2.40. The lowest BCUT2D eigenvalue weighted by Crippen LogP contribution is -2.64. The highest BCUT2D eigenvalue weighted by Crippen LogP contribution is 2.33. The Morgan fingerprint density at radius 1 is 1.04 bits per heavy atom. The number of hydrogen-bond donors (Lipinski definition) is 3. The van der Waals surface area contributed by atoms with Crippen molar-refractivity contribution in [1.82, 2.24) is 25.2 Å². The maximum Gasteiger partial charge on any atom is 0.415 e. The van der Waals surface area contributed by atoms with Crippen molar-refractivity contribution in [3.8, 4) is 5.75 Å². The molecule has 2 atom stereocenters. The maximum absolute atomic E-state index is 14.2. The summed E-state index contributed by atoms with van der Waals surface area (Å²) in [6, 6.07) is 13.6. The molecule has 2 aromatic carbocycles. The van der Waals surface area contributed by atoms with Crippen LogP contribution in [0.5, 0.6) is 5.75 Å². The number of fused-ring (bicyclic) bond motifs is 1. The quantitative estimate of drug-likeness (QED) is 0.223. The molecule has 0 bridgehead atoms. The number of sulfonamides is 1. The molecule has 1 aliphatic heterocycles. The first-order chi connectivity index (χ1) is 22.6. The summed E-state index contributed by atoms with van der Waals surface area (Å²) in [4.78, 5) is 45.4. The van der Waals surface area contributed by atoms with Crippen LogP contribution in [0.2, 0.25) is 5.02 Å². The van der Waals surface area contributed by atoms with E-state index in [9.17, 15) is 22.8 Å². The Morgan fingerprint density at radius 2 is 1.83 bits per heavy atom. The Hall–Kier alpha value is -3.23. The average molecular weight is 704 g/mol. The van der Waals surface area contributed by atoms with Crippen LogP contribution in [-0.2, 0) is 26.2 Å². The molecule has 0 radical (unpaired) electrons. The van der Waals surface area contributed by atoms with Gasteiger partial charge in [-0.2, -0.15) is 0 Å². The number of halogens is 1. The molecule has 1 saturated heterocycles. The van der Waals surface area contributed by atoms with Gasteiger partial charge in [0.1, 0.15) is 6.04 Å². The van der Waals surface area contributed by atoms with Gasteiger partial charge in [0.25, 0.3) is 0 Å². The van der Waals surface area contributed by atoms with Crippen LogP contribution in [0.25, 0.3) is 10.8 Å². The van der Waals surface area contributed by atoms with Crippen LogP contribution in [0.3, 0.4) is 0 Å². The van der Waals surface area contributed by atoms with Gasteiger partial charge in [0.15, 0.2) is 5.75 Å². The van der Waals surface area contributed by atoms with Gasteiger partial charge in [-0.3, -0.25) is 9.59 Å². The number of thiophene rings is 1. The zero-order chi connectivity index (χ0) is 33.4. The van der Waals surface area contributed by atoms with Gasteiger partial charge >= 0.3 is 6.09 Å². The number of piperazine rings is 1. The molecule has 1 saturated carbocycles. The third-order valence-electron chi connectivity index (χ3n) is 8.64. The van der Waals surface area contributed by atoms with E-state index >= 15 is 0 Å². The number of nitrogens with zero attached hydrogens (tertiary/aromatic N) is 2. The molecule has 2 heterocycles. The van der Waals surface area contributed by atoms with Crippen molar-refractivity contribution < 1.29 is 27.5 Å². The number of unbranched alkanes of at least 4 members (excludes halogenated alkanes) is 1. The van der Waals surface area contributed by atoms with Gasteiger partial charge in [0, 0.05) is 35.9 Å². The predicted molar refractivity (Wildman–Crippen MR) is 184 cm³/mol. The number of nitrogens with one attached hydrogen (secondary N) is 3. The molecule has 3 N–H and O–H groups in total. The largest absolute Gasteiger partial charge is 0.415 e. The van der Waals surface area contributed by atoms with Crippen LogP contribution in [-0.4, -0.2) is 86.7 Å². The number of ether oxygens (including phenoxy) is 1. The van der Waals surface area contributed by atoms with E-state index in [-0.39, 0.29) is 43.2 Å². The van der Waals surface area contributed by atoms with Crippen LogP contribution in [0.15, 0.2) is 53.9 Å². The second kappa shape index (κ2) is 16.2. The smallest absolute Gasteiger partial charge is 0.409 e. The van der Waals surface area contributed by atoms with Crippen molar-refractivity contribution in [2.75, 3.05) is 32.4 Å². The van der Waals surface area contributed by atoms with Crippen molar-refractivity contribution in [3.63, 3.8) is 0 Å². The second-order valence-electron chi connectivity index (χ2n) is 12.1. The summed E-state index contributed by atoms with van der Waals surface area (Å²) in [6.45, 7) is 0.885. The van der Waals surface area contributed by atoms with Gasteiger partial charge in [0.2, 0.25) is 21.8 Å². The molecule has 0 spiro atoms. The van der Waals surface area contributed by atoms with E-state index in [0.29, 0.717) is 37.4 Å². The van der Waals surface area contributed by atoms with E-state index in [4.69, 9.17) is 16.3 Å². The fourth-order valence-corrected chi connectivity index (χ4v) is 7.61. The monoisotopic (exact) mass is 703 g/mol. The fourth-order valence-electron chi connectivity index (χ4n) is 6.18. The summed E-state index contributed by atoms with van der Waals surface area (Å²) in [5.41, 5.74) is 0. The Kier molecular flexibility index (Phi) is 12.1. The summed E-state index contributed by atoms with van der Waals surface area (Å²) in [5, 5.41) is 10.4. The van der Waals surface area contributed by atoms with Gasteiger partial charge in [-0.05, 0) is 48.6 Å². The first kappa shape index (κ1) is 35.1. The van der Waals surface area contributed by atoms with Gasteiger partial charge in [-0.25, -0.2) is 17.9 Å². The van der Waals surface area contributed by atoms with E-state index in [1.54, 1.807) is 11.0 Å². The second-order valence-corrected chi connectivity index (χ2v) is 15.4. The van der Waals surface area contributed by atoms with Crippen LogP contribution >= 0.6 is 22.9 Å². The Balaban J connectivity index is 1.30. The highest BCUT2D eigenvalue weighted by molar-refractivity contribution is 7.88. The SMILES string of the molecule is CS(=O)(=O)NCCCC[C@@H](NC1CCCC1)C(=O)N1CCN(C(=O)Oc2ccc3ccccc3c2Cl)C[C@H]1C(=O)NCc1cccs1. The number of hydrogen-bond acceptors (Lipinski definition) is 8. The molecule has 0 unspecified atom stereocenters. The van der Waals surface area contributed by atoms with Gasteiger partial charge < -0.3 is 25.2 Å². The van der Waals surface area contributed by atoms with Gasteiger partial charge in [0.05, 0.1) is 30.4 Å². The Morgan fingerprint density at radius 3 is 2.57 bits per heavy atom. The molecular formula is C33H42ClN5O6S2. The van der Waals surface area contributed by atoms with Crippen molar-refractivity contribution in [2.24, 2.45) is 0 Å². The van der Waals surface area contributed by atoms with Crippen LogP contribution in [0.1, 0.15) is 49.8 Å². The number of amides is 3. The van der Waals surface area contributed by atoms with Gasteiger partial charge in [-0.15, -0.1) is 11.3 Å². The van der Waals surface area contributed by atoms with Crippen LogP contribution < -0.4 is 20.1 Å². The minimum Gasteiger partial charge on any atom is -0.409 e. The highest BCUT2D eigenvalue weighted by atomic mass is 35.5. The lowest BCUT2D eigenvalue weighted by atomic mass is 10.0. The van der Waals surface area contributed by atoms with Crippen LogP contribution in [0.4, 0.5) is 4.79 Å². The Bertz CT molecular complexity index is 1650. The van der Waals surface area contributed by atoms with Crippen molar-refractivity contribution in [1.29, 1.82) is 0 Å². The van der Waals surface area contributed by atoms with E-state index in [2.05, 4.69) is 15.4 Å². The summed E-state index contributed by atoms with van der Waals surface area (Å²) >= 11 is 8.11. The number of rotatable bonds is 13. The molecule has 3 amide bonds. The molecule has 14 heteroatoms. The third-order valence-corrected chi connectivity index (χ3v) is 10.6. The molecule has 1 aliphatic carbocycles. The molecule has 47 heavy (non-hydrogen) atoms. The molecule has 3 aromatic rings. The van der Waals surface area contributed by atoms with Crippen molar-refractivity contribution in [2.45, 2.75) is 69.6 Å². The topological polar surface area (TPSA) is 137 Å². The number of carbonyl (C=O) groups is 3. The summed E-state index contributed by atoms with van der Waals surface area (Å²) < 4.78 is 31.2. The molecule has 2 aliphatic rings. The lowest BCUT2D eigenvalue weighted by molar-refractivity contribution is -0.145. The minimum absolute atomic E-state index is 0.0412. The van der Waals surface area contributed by atoms with E-state index in [0.717, 1.165) is 47.6 Å². The van der Waals surface area contributed by atoms with E-state index in [1.807, 2.05) is 47.8 Å². The zero-order valence-electron chi connectivity index (χ0n) is 26.5. The average Bonchev–Trinajstić information content (AvgIpc) is 3.78. The molecule has 2 fully saturated rings. The summed E-state index contributed by atoms with van der Waals surface area (Å²) in [6.07, 6.45) is 6.28. The van der Waals surface area contributed by atoms with Crippen molar-refractivity contribution in [3.05, 3.63) is 63.8 Å². The molecule has 11 nitrogen and oxygen atoms in total. The minimum atomic E-state index is -3.29. The number of carbonyl (C=O) groups excluding carboxylic acids is 3.